The van der Waals surface area contributed by atoms with Crippen molar-refractivity contribution in [2.24, 2.45) is 0 Å². The molecular weight excluding hydrogens is 388 g/mol. The lowest BCUT2D eigenvalue weighted by molar-refractivity contribution is -0.133. The molecule has 0 aromatic heterocycles. The number of ether oxygens (including phenoxy) is 1. The highest BCUT2D eigenvalue weighted by Crippen LogP contribution is 2.29. The first-order valence-electron chi connectivity index (χ1n) is 10.7. The zero-order chi connectivity index (χ0) is 21.5. The summed E-state index contributed by atoms with van der Waals surface area (Å²) in [5.41, 5.74) is 2.55. The number of phenolic OH excluding ortho intramolecular Hbond substituents is 1. The molecule has 1 heterocycles. The van der Waals surface area contributed by atoms with E-state index in [9.17, 15) is 9.90 Å². The second-order valence-corrected chi connectivity index (χ2v) is 7.73. The Balaban J connectivity index is 1.33. The summed E-state index contributed by atoms with van der Waals surface area (Å²) in [6.07, 6.45) is 0.349. The number of carbonyl (C=O) groups excluding carboxylic acids is 1. The highest BCUT2D eigenvalue weighted by Gasteiger charge is 2.27. The standard InChI is InChI=1S/C26H28N2O3/c29-23-11-13-24(14-12-23)31-20-15-25(30)27-16-18-28(19-17-27)26(21-7-3-1-4-8-21)22-9-5-2-6-10-22/h1-14,26,29H,15-20H2. The third-order valence-corrected chi connectivity index (χ3v) is 5.68. The maximum Gasteiger partial charge on any atom is 0.226 e. The van der Waals surface area contributed by atoms with Crippen LogP contribution in [-0.4, -0.2) is 53.6 Å². The molecule has 0 aliphatic carbocycles. The molecule has 0 bridgehead atoms. The topological polar surface area (TPSA) is 53.0 Å². The van der Waals surface area contributed by atoms with Crippen molar-refractivity contribution in [1.29, 1.82) is 0 Å². The second kappa shape index (κ2) is 10.1. The van der Waals surface area contributed by atoms with Gasteiger partial charge in [-0.15, -0.1) is 0 Å². The van der Waals surface area contributed by atoms with Crippen molar-refractivity contribution in [3.05, 3.63) is 96.1 Å². The van der Waals surface area contributed by atoms with Gasteiger partial charge in [-0.3, -0.25) is 9.69 Å². The average Bonchev–Trinajstić information content (AvgIpc) is 2.82. The van der Waals surface area contributed by atoms with E-state index in [1.807, 2.05) is 17.0 Å². The quantitative estimate of drug-likeness (QED) is 0.630. The van der Waals surface area contributed by atoms with Gasteiger partial charge in [0.25, 0.3) is 0 Å². The number of carbonyl (C=O) groups is 1. The van der Waals surface area contributed by atoms with E-state index in [4.69, 9.17) is 4.74 Å². The van der Waals surface area contributed by atoms with Crippen LogP contribution in [0.3, 0.4) is 0 Å². The van der Waals surface area contributed by atoms with Gasteiger partial charge < -0.3 is 14.7 Å². The minimum absolute atomic E-state index is 0.120. The third-order valence-electron chi connectivity index (χ3n) is 5.68. The molecule has 5 heteroatoms. The number of nitrogens with zero attached hydrogens (tertiary/aromatic N) is 2. The van der Waals surface area contributed by atoms with Crippen LogP contribution >= 0.6 is 0 Å². The molecule has 160 valence electrons. The molecule has 4 rings (SSSR count). The third kappa shape index (κ3) is 5.44. The highest BCUT2D eigenvalue weighted by atomic mass is 16.5. The van der Waals surface area contributed by atoms with Crippen molar-refractivity contribution < 1.29 is 14.6 Å². The van der Waals surface area contributed by atoms with Gasteiger partial charge >= 0.3 is 0 Å². The van der Waals surface area contributed by atoms with Crippen LogP contribution in [0.15, 0.2) is 84.9 Å². The summed E-state index contributed by atoms with van der Waals surface area (Å²) in [7, 11) is 0. The SMILES string of the molecule is O=C(CCOc1ccc(O)cc1)N1CCN(C(c2ccccc2)c2ccccc2)CC1. The van der Waals surface area contributed by atoms with Gasteiger partial charge in [-0.2, -0.15) is 0 Å². The number of phenols is 1. The van der Waals surface area contributed by atoms with Gasteiger partial charge in [0.05, 0.1) is 19.1 Å². The lowest BCUT2D eigenvalue weighted by atomic mass is 9.96. The largest absolute Gasteiger partial charge is 0.508 e. The van der Waals surface area contributed by atoms with Crippen molar-refractivity contribution in [2.45, 2.75) is 12.5 Å². The number of aromatic hydroxyl groups is 1. The molecule has 1 aliphatic heterocycles. The summed E-state index contributed by atoms with van der Waals surface area (Å²) in [4.78, 5) is 17.0. The first-order valence-corrected chi connectivity index (χ1v) is 10.7. The highest BCUT2D eigenvalue weighted by molar-refractivity contribution is 5.76. The Morgan fingerprint density at radius 3 is 1.90 bits per heavy atom. The summed E-state index contributed by atoms with van der Waals surface area (Å²) >= 11 is 0. The van der Waals surface area contributed by atoms with E-state index in [0.717, 1.165) is 13.1 Å². The van der Waals surface area contributed by atoms with E-state index >= 15 is 0 Å². The van der Waals surface area contributed by atoms with Gasteiger partial charge in [0.2, 0.25) is 5.91 Å². The fraction of sp³-hybridized carbons (Fsp3) is 0.269. The summed E-state index contributed by atoms with van der Waals surface area (Å²) in [6, 6.07) is 27.9. The van der Waals surface area contributed by atoms with Crippen LogP contribution < -0.4 is 4.74 Å². The molecule has 3 aromatic carbocycles. The normalized spacial score (nSPS) is 14.5. The van der Waals surface area contributed by atoms with Crippen LogP contribution in [0.1, 0.15) is 23.6 Å². The molecule has 31 heavy (non-hydrogen) atoms. The number of hydrogen-bond donors (Lipinski definition) is 1. The smallest absolute Gasteiger partial charge is 0.226 e. The minimum atomic E-state index is 0.120. The summed E-state index contributed by atoms with van der Waals surface area (Å²) < 4.78 is 5.63. The van der Waals surface area contributed by atoms with E-state index in [1.54, 1.807) is 24.3 Å². The monoisotopic (exact) mass is 416 g/mol. The lowest BCUT2D eigenvalue weighted by Gasteiger charge is -2.39. The molecule has 1 aliphatic rings. The van der Waals surface area contributed by atoms with Gasteiger partial charge in [-0.25, -0.2) is 0 Å². The zero-order valence-corrected chi connectivity index (χ0v) is 17.6. The molecule has 0 unspecified atom stereocenters. The van der Waals surface area contributed by atoms with E-state index < -0.39 is 0 Å². The molecule has 0 saturated carbocycles. The zero-order valence-electron chi connectivity index (χ0n) is 17.6. The molecule has 1 N–H and O–H groups in total. The van der Waals surface area contributed by atoms with Crippen molar-refractivity contribution in [3.63, 3.8) is 0 Å². The van der Waals surface area contributed by atoms with Gasteiger partial charge in [0.1, 0.15) is 11.5 Å². The first-order chi connectivity index (χ1) is 15.2. The molecular formula is C26H28N2O3. The van der Waals surface area contributed by atoms with Crippen LogP contribution in [0, 0.1) is 0 Å². The van der Waals surface area contributed by atoms with Crippen LogP contribution in [0.4, 0.5) is 0 Å². The van der Waals surface area contributed by atoms with Crippen molar-refractivity contribution in [1.82, 2.24) is 9.80 Å². The predicted octanol–water partition coefficient (Wildman–Crippen LogP) is 4.09. The van der Waals surface area contributed by atoms with E-state index in [0.29, 0.717) is 31.9 Å². The second-order valence-electron chi connectivity index (χ2n) is 7.73. The summed E-state index contributed by atoms with van der Waals surface area (Å²) in [6.45, 7) is 3.43. The Labute approximate surface area is 183 Å². The fourth-order valence-corrected chi connectivity index (χ4v) is 4.07. The van der Waals surface area contributed by atoms with Gasteiger partial charge in [-0.1, -0.05) is 60.7 Å². The Morgan fingerprint density at radius 1 is 0.806 bits per heavy atom. The molecule has 0 atom stereocenters. The number of hydrogen-bond acceptors (Lipinski definition) is 4. The number of piperazine rings is 1. The van der Waals surface area contributed by atoms with E-state index in [1.165, 1.54) is 11.1 Å². The number of amides is 1. The molecule has 0 spiro atoms. The van der Waals surface area contributed by atoms with Crippen molar-refractivity contribution in [2.75, 3.05) is 32.8 Å². The summed E-state index contributed by atoms with van der Waals surface area (Å²) in [5.74, 6) is 0.976. The van der Waals surface area contributed by atoms with Gasteiger partial charge in [0.15, 0.2) is 0 Å². The molecule has 1 fully saturated rings. The molecule has 5 nitrogen and oxygen atoms in total. The molecule has 3 aromatic rings. The Bertz CT molecular complexity index is 913. The Kier molecular flexibility index (Phi) is 6.85. The van der Waals surface area contributed by atoms with Crippen LogP contribution in [0.2, 0.25) is 0 Å². The lowest BCUT2D eigenvalue weighted by Crippen LogP contribution is -2.50. The van der Waals surface area contributed by atoms with Crippen molar-refractivity contribution in [3.8, 4) is 11.5 Å². The van der Waals surface area contributed by atoms with Crippen LogP contribution in [-0.2, 0) is 4.79 Å². The van der Waals surface area contributed by atoms with Crippen molar-refractivity contribution >= 4 is 5.91 Å². The maximum atomic E-state index is 12.6. The maximum absolute atomic E-state index is 12.6. The van der Waals surface area contributed by atoms with Gasteiger partial charge in [-0.05, 0) is 35.4 Å². The number of rotatable bonds is 7. The molecule has 1 saturated heterocycles. The minimum Gasteiger partial charge on any atom is -0.508 e. The number of benzene rings is 3. The molecule has 1 amide bonds. The van der Waals surface area contributed by atoms with Crippen LogP contribution in [0.5, 0.6) is 11.5 Å². The predicted molar refractivity (Wildman–Crippen MR) is 121 cm³/mol. The van der Waals surface area contributed by atoms with Crippen LogP contribution in [0.25, 0.3) is 0 Å². The Morgan fingerprint density at radius 2 is 1.35 bits per heavy atom. The average molecular weight is 417 g/mol. The Hall–Kier alpha value is -3.31. The fourth-order valence-electron chi connectivity index (χ4n) is 4.07. The van der Waals surface area contributed by atoms with Gasteiger partial charge in [0, 0.05) is 26.2 Å². The van der Waals surface area contributed by atoms with E-state index in [2.05, 4.69) is 53.4 Å². The summed E-state index contributed by atoms with van der Waals surface area (Å²) in [5, 5.41) is 9.33. The van der Waals surface area contributed by atoms with E-state index in [-0.39, 0.29) is 17.7 Å². The molecule has 0 radical (unpaired) electrons. The first kappa shape index (κ1) is 20.9.